The van der Waals surface area contributed by atoms with Crippen LogP contribution in [0.5, 0.6) is 0 Å². The summed E-state index contributed by atoms with van der Waals surface area (Å²) in [6.45, 7) is 2.37. The van der Waals surface area contributed by atoms with Crippen molar-refractivity contribution in [3.8, 4) is 0 Å². The Morgan fingerprint density at radius 3 is 2.65 bits per heavy atom. The van der Waals surface area contributed by atoms with Crippen LogP contribution in [0.1, 0.15) is 32.6 Å². The minimum Gasteiger partial charge on any atom is -0.382 e. The van der Waals surface area contributed by atoms with Gasteiger partial charge in [-0.3, -0.25) is 0 Å². The van der Waals surface area contributed by atoms with Crippen molar-refractivity contribution in [2.75, 3.05) is 35.4 Å². The van der Waals surface area contributed by atoms with Crippen molar-refractivity contribution in [2.45, 2.75) is 37.5 Å². The Morgan fingerprint density at radius 2 is 2.00 bits per heavy atom. The molecule has 1 aromatic rings. The molecule has 116 valence electrons. The van der Waals surface area contributed by atoms with Crippen LogP contribution in [0.4, 0.5) is 10.8 Å². The van der Waals surface area contributed by atoms with E-state index in [4.69, 9.17) is 5.73 Å². The third-order valence-corrected chi connectivity index (χ3v) is 6.37. The maximum atomic E-state index is 12.0. The standard InChI is InChI=1S/C12H23N3O2S3/c1-3-20(16,17)10-11(13)15-19-12(10)14-8-6-4-5-7-9-18-2/h14H,3-9H2,1-2H3,(H2,13,15). The predicted molar refractivity (Wildman–Crippen MR) is 89.6 cm³/mol. The number of hydrogen-bond donors (Lipinski definition) is 2. The van der Waals surface area contributed by atoms with Gasteiger partial charge >= 0.3 is 0 Å². The molecule has 3 N–H and O–H groups in total. The zero-order chi connectivity index (χ0) is 15.0. The first-order valence-corrected chi connectivity index (χ1v) is 10.6. The van der Waals surface area contributed by atoms with Gasteiger partial charge in [0, 0.05) is 6.54 Å². The number of sulfone groups is 1. The lowest BCUT2D eigenvalue weighted by Gasteiger charge is -2.07. The summed E-state index contributed by atoms with van der Waals surface area (Å²) in [6, 6.07) is 0. The van der Waals surface area contributed by atoms with Crippen LogP contribution in [0.25, 0.3) is 0 Å². The van der Waals surface area contributed by atoms with Crippen LogP contribution in [0, 0.1) is 0 Å². The van der Waals surface area contributed by atoms with Gasteiger partial charge in [-0.2, -0.15) is 16.1 Å². The van der Waals surface area contributed by atoms with Crippen molar-refractivity contribution >= 4 is 44.0 Å². The molecule has 0 amide bonds. The van der Waals surface area contributed by atoms with E-state index in [0.29, 0.717) is 5.00 Å². The van der Waals surface area contributed by atoms with Gasteiger partial charge in [-0.15, -0.1) is 0 Å². The van der Waals surface area contributed by atoms with Crippen LogP contribution in [-0.4, -0.2) is 37.1 Å². The van der Waals surface area contributed by atoms with Crippen molar-refractivity contribution < 1.29 is 8.42 Å². The molecule has 20 heavy (non-hydrogen) atoms. The maximum absolute atomic E-state index is 12.0. The highest BCUT2D eigenvalue weighted by Crippen LogP contribution is 2.32. The monoisotopic (exact) mass is 337 g/mol. The number of anilines is 2. The van der Waals surface area contributed by atoms with E-state index in [0.717, 1.165) is 30.9 Å². The minimum absolute atomic E-state index is 0.0407. The fourth-order valence-corrected chi connectivity index (χ4v) is 4.46. The van der Waals surface area contributed by atoms with Crippen molar-refractivity contribution in [1.82, 2.24) is 4.37 Å². The summed E-state index contributed by atoms with van der Waals surface area (Å²) < 4.78 is 27.9. The number of nitrogen functional groups attached to an aromatic ring is 1. The Kier molecular flexibility index (Phi) is 7.68. The van der Waals surface area contributed by atoms with E-state index >= 15 is 0 Å². The Bertz CT molecular complexity index is 500. The van der Waals surface area contributed by atoms with Gasteiger partial charge in [0.2, 0.25) is 0 Å². The maximum Gasteiger partial charge on any atom is 0.184 e. The van der Waals surface area contributed by atoms with Crippen LogP contribution in [-0.2, 0) is 9.84 Å². The Balaban J connectivity index is 2.46. The number of hydrogen-bond acceptors (Lipinski definition) is 7. The van der Waals surface area contributed by atoms with Crippen molar-refractivity contribution in [2.24, 2.45) is 0 Å². The normalized spacial score (nSPS) is 11.7. The van der Waals surface area contributed by atoms with Crippen molar-refractivity contribution in [3.05, 3.63) is 0 Å². The van der Waals surface area contributed by atoms with Gasteiger partial charge in [0.1, 0.15) is 9.90 Å². The highest BCUT2D eigenvalue weighted by atomic mass is 32.2. The topological polar surface area (TPSA) is 85.1 Å². The summed E-state index contributed by atoms with van der Waals surface area (Å²) in [4.78, 5) is 0.174. The lowest BCUT2D eigenvalue weighted by Crippen LogP contribution is -2.10. The molecule has 5 nitrogen and oxygen atoms in total. The number of unbranched alkanes of at least 4 members (excludes halogenated alkanes) is 3. The Hall–Kier alpha value is -0.470. The summed E-state index contributed by atoms with van der Waals surface area (Å²) in [5.74, 6) is 1.36. The minimum atomic E-state index is -3.31. The van der Waals surface area contributed by atoms with E-state index in [2.05, 4.69) is 15.9 Å². The molecule has 0 fully saturated rings. The SMILES string of the molecule is CCS(=O)(=O)c1c(N)nsc1NCCCCCCSC. The lowest BCUT2D eigenvalue weighted by molar-refractivity contribution is 0.598. The van der Waals surface area contributed by atoms with E-state index in [-0.39, 0.29) is 16.5 Å². The molecule has 0 radical (unpaired) electrons. The van der Waals surface area contributed by atoms with Crippen LogP contribution in [0.3, 0.4) is 0 Å². The van der Waals surface area contributed by atoms with Crippen LogP contribution in [0.2, 0.25) is 0 Å². The number of nitrogens with zero attached hydrogens (tertiary/aromatic N) is 1. The molecule has 1 heterocycles. The number of nitrogens with two attached hydrogens (primary N) is 1. The second kappa shape index (κ2) is 8.74. The average Bonchev–Trinajstić information content (AvgIpc) is 2.79. The third kappa shape index (κ3) is 5.14. The molecule has 0 saturated carbocycles. The smallest absolute Gasteiger partial charge is 0.184 e. The zero-order valence-corrected chi connectivity index (χ0v) is 14.5. The molecule has 8 heteroatoms. The molecule has 0 aromatic carbocycles. The quantitative estimate of drug-likeness (QED) is 0.639. The molecular formula is C12H23N3O2S3. The van der Waals surface area contributed by atoms with E-state index in [9.17, 15) is 8.42 Å². The van der Waals surface area contributed by atoms with Gasteiger partial charge in [-0.25, -0.2) is 8.42 Å². The second-order valence-corrected chi connectivity index (χ2v) is 8.44. The highest BCUT2D eigenvalue weighted by Gasteiger charge is 2.23. The molecule has 0 aliphatic carbocycles. The number of aromatic nitrogens is 1. The molecule has 0 saturated heterocycles. The van der Waals surface area contributed by atoms with Gasteiger partial charge in [-0.1, -0.05) is 19.8 Å². The molecule has 0 bridgehead atoms. The fourth-order valence-electron chi connectivity index (χ4n) is 1.78. The second-order valence-electron chi connectivity index (χ2n) is 4.46. The molecule has 0 aliphatic heterocycles. The molecule has 1 rings (SSSR count). The summed E-state index contributed by atoms with van der Waals surface area (Å²) >= 11 is 2.99. The first kappa shape index (κ1) is 17.6. The van der Waals surface area contributed by atoms with Gasteiger partial charge in [0.05, 0.1) is 5.75 Å². The Morgan fingerprint density at radius 1 is 1.30 bits per heavy atom. The first-order valence-electron chi connectivity index (χ1n) is 6.73. The van der Waals surface area contributed by atoms with Gasteiger partial charge in [0.15, 0.2) is 15.7 Å². The molecule has 0 unspecified atom stereocenters. The summed E-state index contributed by atoms with van der Waals surface area (Å²) in [5.41, 5.74) is 5.67. The molecular weight excluding hydrogens is 314 g/mol. The predicted octanol–water partition coefficient (Wildman–Crippen LogP) is 2.85. The molecule has 0 spiro atoms. The van der Waals surface area contributed by atoms with Gasteiger partial charge in [0.25, 0.3) is 0 Å². The van der Waals surface area contributed by atoms with E-state index in [1.165, 1.54) is 18.6 Å². The lowest BCUT2D eigenvalue weighted by atomic mass is 10.2. The van der Waals surface area contributed by atoms with Crippen LogP contribution >= 0.6 is 23.3 Å². The van der Waals surface area contributed by atoms with Crippen LogP contribution in [0.15, 0.2) is 4.90 Å². The van der Waals surface area contributed by atoms with E-state index in [1.54, 1.807) is 6.92 Å². The molecule has 0 atom stereocenters. The number of rotatable bonds is 10. The number of thioether (sulfide) groups is 1. The van der Waals surface area contributed by atoms with E-state index < -0.39 is 9.84 Å². The summed E-state index contributed by atoms with van der Waals surface area (Å²) in [6.07, 6.45) is 6.75. The van der Waals surface area contributed by atoms with E-state index in [1.807, 2.05) is 11.8 Å². The molecule has 1 aromatic heterocycles. The summed E-state index contributed by atoms with van der Waals surface area (Å²) in [5, 5.41) is 3.73. The largest absolute Gasteiger partial charge is 0.382 e. The van der Waals surface area contributed by atoms with Gasteiger partial charge in [-0.05, 0) is 36.4 Å². The first-order chi connectivity index (χ1) is 9.53. The van der Waals surface area contributed by atoms with Gasteiger partial charge < -0.3 is 11.1 Å². The Labute approximate surface area is 129 Å². The summed E-state index contributed by atoms with van der Waals surface area (Å²) in [7, 11) is -3.31. The third-order valence-electron chi connectivity index (χ3n) is 2.93. The van der Waals surface area contributed by atoms with Crippen molar-refractivity contribution in [1.29, 1.82) is 0 Å². The van der Waals surface area contributed by atoms with Crippen LogP contribution < -0.4 is 11.1 Å². The molecule has 0 aliphatic rings. The highest BCUT2D eigenvalue weighted by molar-refractivity contribution is 7.98. The zero-order valence-electron chi connectivity index (χ0n) is 12.0. The number of nitrogens with one attached hydrogen (secondary N) is 1. The van der Waals surface area contributed by atoms with Crippen molar-refractivity contribution in [3.63, 3.8) is 0 Å². The average molecular weight is 338 g/mol. The fraction of sp³-hybridized carbons (Fsp3) is 0.750.